The van der Waals surface area contributed by atoms with E-state index in [-0.39, 0.29) is 6.54 Å². The fourth-order valence-electron chi connectivity index (χ4n) is 1.68. The number of nitrogens with zero attached hydrogens (tertiary/aromatic N) is 1. The van der Waals surface area contributed by atoms with Crippen LogP contribution in [-0.2, 0) is 22.8 Å². The van der Waals surface area contributed by atoms with Crippen molar-refractivity contribution in [2.24, 2.45) is 5.73 Å². The molecule has 0 spiro atoms. The number of esters is 1. The molecule has 86 valence electrons. The summed E-state index contributed by atoms with van der Waals surface area (Å²) in [5.41, 5.74) is 8.32. The van der Waals surface area contributed by atoms with Crippen LogP contribution < -0.4 is 5.73 Å². The summed E-state index contributed by atoms with van der Waals surface area (Å²) < 4.78 is 4.74. The average Bonchev–Trinajstić information content (AvgIpc) is 2.74. The van der Waals surface area contributed by atoms with E-state index in [4.69, 9.17) is 22.1 Å². The van der Waals surface area contributed by atoms with E-state index in [1.807, 2.05) is 0 Å². The summed E-state index contributed by atoms with van der Waals surface area (Å²) in [5, 5.41) is 0.329. The van der Waals surface area contributed by atoms with Crippen LogP contribution >= 0.6 is 23.4 Å². The van der Waals surface area contributed by atoms with Crippen LogP contribution in [0.2, 0.25) is 5.02 Å². The van der Waals surface area contributed by atoms with Gasteiger partial charge in [0.15, 0.2) is 0 Å². The first-order valence-electron chi connectivity index (χ1n) is 4.75. The third-order valence-electron chi connectivity index (χ3n) is 2.46. The van der Waals surface area contributed by atoms with Crippen LogP contribution in [0.3, 0.4) is 0 Å². The van der Waals surface area contributed by atoms with Gasteiger partial charge in [-0.05, 0) is 0 Å². The zero-order valence-corrected chi connectivity index (χ0v) is 10.3. The fraction of sp³-hybridized carbons (Fsp3) is 0.400. The quantitative estimate of drug-likeness (QED) is 0.819. The average molecular weight is 259 g/mol. The molecule has 0 radical (unpaired) electrons. The van der Waals surface area contributed by atoms with E-state index in [1.54, 1.807) is 11.8 Å². The number of halogens is 1. The molecule has 2 rings (SSSR count). The normalized spacial score (nSPS) is 13.7. The van der Waals surface area contributed by atoms with Gasteiger partial charge in [0.05, 0.1) is 29.1 Å². The Bertz CT molecular complexity index is 450. The lowest BCUT2D eigenvalue weighted by molar-refractivity contribution is 0.0599. The molecular formula is C10H11ClN2O2S. The number of ether oxygens (including phenoxy) is 1. The second-order valence-electron chi connectivity index (χ2n) is 3.36. The van der Waals surface area contributed by atoms with Gasteiger partial charge in [-0.2, -0.15) is 11.8 Å². The van der Waals surface area contributed by atoms with Gasteiger partial charge >= 0.3 is 5.97 Å². The third-order valence-corrected chi connectivity index (χ3v) is 3.84. The minimum absolute atomic E-state index is 0.223. The van der Waals surface area contributed by atoms with Crippen LogP contribution in [0.15, 0.2) is 0 Å². The van der Waals surface area contributed by atoms with Crippen LogP contribution in [0.4, 0.5) is 0 Å². The first kappa shape index (κ1) is 11.7. The first-order valence-corrected chi connectivity index (χ1v) is 6.28. The topological polar surface area (TPSA) is 65.2 Å². The Labute approximate surface area is 103 Å². The number of fused-ring (bicyclic) bond motifs is 1. The Balaban J connectivity index is 2.64. The van der Waals surface area contributed by atoms with Gasteiger partial charge in [0.25, 0.3) is 0 Å². The Morgan fingerprint density at radius 1 is 1.62 bits per heavy atom. The standard InChI is InChI=1S/C10H11ClN2O2S/c1-15-10(14)8-5-3-16-4-7(5)13-6(2-12)9(8)11/h2-4,12H2,1H3. The number of thioether (sulfide) groups is 1. The maximum absolute atomic E-state index is 11.7. The highest BCUT2D eigenvalue weighted by atomic mass is 35.5. The lowest BCUT2D eigenvalue weighted by Gasteiger charge is -2.11. The molecule has 0 amide bonds. The molecule has 1 aromatic heterocycles. The number of pyridine rings is 1. The molecule has 0 aliphatic carbocycles. The van der Waals surface area contributed by atoms with Crippen molar-refractivity contribution < 1.29 is 9.53 Å². The number of methoxy groups -OCH3 is 1. The summed E-state index contributed by atoms with van der Waals surface area (Å²) in [7, 11) is 1.34. The van der Waals surface area contributed by atoms with Crippen LogP contribution in [0.1, 0.15) is 27.3 Å². The Hall–Kier alpha value is -0.780. The van der Waals surface area contributed by atoms with E-state index in [1.165, 1.54) is 7.11 Å². The Morgan fingerprint density at radius 3 is 3.00 bits per heavy atom. The lowest BCUT2D eigenvalue weighted by Crippen LogP contribution is -2.12. The summed E-state index contributed by atoms with van der Waals surface area (Å²) in [5.74, 6) is 1.13. The highest BCUT2D eigenvalue weighted by Gasteiger charge is 2.26. The number of nitrogens with two attached hydrogens (primary N) is 1. The highest BCUT2D eigenvalue weighted by Crippen LogP contribution is 2.35. The largest absolute Gasteiger partial charge is 0.465 e. The number of carbonyl (C=O) groups excluding carboxylic acids is 1. The molecule has 6 heteroatoms. The number of aromatic nitrogens is 1. The van der Waals surface area contributed by atoms with Gasteiger partial charge in [-0.3, -0.25) is 4.98 Å². The van der Waals surface area contributed by atoms with Crippen molar-refractivity contribution in [1.29, 1.82) is 0 Å². The number of rotatable bonds is 2. The zero-order chi connectivity index (χ0) is 11.7. The van der Waals surface area contributed by atoms with Crippen molar-refractivity contribution in [2.75, 3.05) is 7.11 Å². The summed E-state index contributed by atoms with van der Waals surface area (Å²) in [4.78, 5) is 16.0. The molecule has 16 heavy (non-hydrogen) atoms. The predicted octanol–water partition coefficient (Wildman–Crippen LogP) is 1.73. The molecule has 0 atom stereocenters. The summed E-state index contributed by atoms with van der Waals surface area (Å²) in [6.07, 6.45) is 0. The smallest absolute Gasteiger partial charge is 0.339 e. The number of carbonyl (C=O) groups is 1. The van der Waals surface area contributed by atoms with Crippen molar-refractivity contribution in [1.82, 2.24) is 4.98 Å². The van der Waals surface area contributed by atoms with Crippen molar-refractivity contribution in [3.05, 3.63) is 27.5 Å². The van der Waals surface area contributed by atoms with Crippen molar-refractivity contribution in [3.63, 3.8) is 0 Å². The van der Waals surface area contributed by atoms with Crippen LogP contribution in [0, 0.1) is 0 Å². The molecule has 2 heterocycles. The number of hydrogen-bond donors (Lipinski definition) is 1. The summed E-state index contributed by atoms with van der Waals surface area (Å²) in [6, 6.07) is 0. The third kappa shape index (κ3) is 1.79. The molecule has 0 saturated carbocycles. The van der Waals surface area contributed by atoms with Crippen LogP contribution in [0.5, 0.6) is 0 Å². The molecule has 0 unspecified atom stereocenters. The Kier molecular flexibility index (Phi) is 3.37. The molecule has 0 saturated heterocycles. The molecule has 1 aliphatic heterocycles. The molecular weight excluding hydrogens is 248 g/mol. The monoisotopic (exact) mass is 258 g/mol. The zero-order valence-electron chi connectivity index (χ0n) is 8.75. The second kappa shape index (κ2) is 4.61. The first-order chi connectivity index (χ1) is 7.69. The van der Waals surface area contributed by atoms with Crippen molar-refractivity contribution in [2.45, 2.75) is 18.1 Å². The van der Waals surface area contributed by atoms with E-state index in [0.29, 0.717) is 16.3 Å². The van der Waals surface area contributed by atoms with Crippen molar-refractivity contribution in [3.8, 4) is 0 Å². The predicted molar refractivity (Wildman–Crippen MR) is 63.5 cm³/mol. The SMILES string of the molecule is COC(=O)c1c(Cl)c(CN)nc2c1CSC2. The summed E-state index contributed by atoms with van der Waals surface area (Å²) >= 11 is 7.82. The Morgan fingerprint density at radius 2 is 2.38 bits per heavy atom. The molecule has 4 nitrogen and oxygen atoms in total. The maximum atomic E-state index is 11.7. The molecule has 0 bridgehead atoms. The van der Waals surface area contributed by atoms with Gasteiger partial charge in [0.1, 0.15) is 0 Å². The van der Waals surface area contributed by atoms with Gasteiger partial charge in [-0.1, -0.05) is 11.6 Å². The van der Waals surface area contributed by atoms with E-state index >= 15 is 0 Å². The minimum atomic E-state index is -0.416. The highest BCUT2D eigenvalue weighted by molar-refractivity contribution is 7.98. The van der Waals surface area contributed by atoms with Gasteiger partial charge in [0, 0.05) is 23.6 Å². The van der Waals surface area contributed by atoms with Crippen LogP contribution in [0.25, 0.3) is 0 Å². The van der Waals surface area contributed by atoms with E-state index < -0.39 is 5.97 Å². The molecule has 0 aromatic carbocycles. The van der Waals surface area contributed by atoms with Gasteiger partial charge in [-0.25, -0.2) is 4.79 Å². The molecule has 1 aromatic rings. The van der Waals surface area contributed by atoms with Gasteiger partial charge < -0.3 is 10.5 Å². The second-order valence-corrected chi connectivity index (χ2v) is 4.72. The molecule has 0 fully saturated rings. The summed E-state index contributed by atoms with van der Waals surface area (Å²) in [6.45, 7) is 0.223. The fourth-order valence-corrected chi connectivity index (χ4v) is 3.04. The van der Waals surface area contributed by atoms with Gasteiger partial charge in [0.2, 0.25) is 0 Å². The maximum Gasteiger partial charge on any atom is 0.339 e. The minimum Gasteiger partial charge on any atom is -0.465 e. The van der Waals surface area contributed by atoms with E-state index in [9.17, 15) is 4.79 Å². The van der Waals surface area contributed by atoms with Crippen LogP contribution in [-0.4, -0.2) is 18.1 Å². The lowest BCUT2D eigenvalue weighted by atomic mass is 10.1. The van der Waals surface area contributed by atoms with Gasteiger partial charge in [-0.15, -0.1) is 0 Å². The van der Waals surface area contributed by atoms with Crippen molar-refractivity contribution >= 4 is 29.3 Å². The molecule has 1 aliphatic rings. The molecule has 2 N–H and O–H groups in total. The van der Waals surface area contributed by atoms with E-state index in [0.717, 1.165) is 22.8 Å². The number of hydrogen-bond acceptors (Lipinski definition) is 5. The van der Waals surface area contributed by atoms with E-state index in [2.05, 4.69) is 4.98 Å².